The molecule has 1 aromatic heterocycles. The van der Waals surface area contributed by atoms with Crippen molar-refractivity contribution in [2.24, 2.45) is 0 Å². The zero-order chi connectivity index (χ0) is 12.3. The number of hydrogen-bond acceptors (Lipinski definition) is 5. The standard InChI is InChI=1S/C11H16N4O2/c1-17-11(16)15-7-5-14(6-8-15)10-9(12)3-2-4-13-10/h2-4H,5-8,12H2,1H3. The largest absolute Gasteiger partial charge is 0.453 e. The van der Waals surface area contributed by atoms with Crippen molar-refractivity contribution in [1.82, 2.24) is 9.88 Å². The van der Waals surface area contributed by atoms with E-state index < -0.39 is 0 Å². The first-order valence-corrected chi connectivity index (χ1v) is 5.50. The van der Waals surface area contributed by atoms with Crippen molar-refractivity contribution >= 4 is 17.6 Å². The van der Waals surface area contributed by atoms with Gasteiger partial charge in [0.15, 0.2) is 5.82 Å². The highest BCUT2D eigenvalue weighted by Gasteiger charge is 2.22. The highest BCUT2D eigenvalue weighted by atomic mass is 16.5. The van der Waals surface area contributed by atoms with Crippen LogP contribution in [0.5, 0.6) is 0 Å². The Balaban J connectivity index is 2.00. The van der Waals surface area contributed by atoms with Gasteiger partial charge in [0.25, 0.3) is 0 Å². The first kappa shape index (κ1) is 11.5. The highest BCUT2D eigenvalue weighted by molar-refractivity contribution is 5.68. The van der Waals surface area contributed by atoms with Crippen LogP contribution in [0.3, 0.4) is 0 Å². The molecule has 17 heavy (non-hydrogen) atoms. The Kier molecular flexibility index (Phi) is 3.32. The summed E-state index contributed by atoms with van der Waals surface area (Å²) in [7, 11) is 1.39. The minimum atomic E-state index is -0.279. The van der Waals surface area contributed by atoms with Gasteiger partial charge in [-0.15, -0.1) is 0 Å². The Morgan fingerprint density at radius 2 is 2.12 bits per heavy atom. The average Bonchev–Trinajstić information content (AvgIpc) is 2.39. The number of nitrogens with two attached hydrogens (primary N) is 1. The first-order valence-electron chi connectivity index (χ1n) is 5.50. The zero-order valence-electron chi connectivity index (χ0n) is 9.80. The van der Waals surface area contributed by atoms with Gasteiger partial charge in [-0.1, -0.05) is 0 Å². The van der Waals surface area contributed by atoms with E-state index in [0.717, 1.165) is 18.9 Å². The van der Waals surface area contributed by atoms with Gasteiger partial charge in [-0.2, -0.15) is 0 Å². The minimum Gasteiger partial charge on any atom is -0.453 e. The van der Waals surface area contributed by atoms with E-state index >= 15 is 0 Å². The van der Waals surface area contributed by atoms with Crippen molar-refractivity contribution in [1.29, 1.82) is 0 Å². The molecule has 2 N–H and O–H groups in total. The van der Waals surface area contributed by atoms with E-state index in [4.69, 9.17) is 5.73 Å². The van der Waals surface area contributed by atoms with Crippen LogP contribution in [0, 0.1) is 0 Å². The summed E-state index contributed by atoms with van der Waals surface area (Å²) in [6.45, 7) is 2.69. The number of aromatic nitrogens is 1. The van der Waals surface area contributed by atoms with Crippen molar-refractivity contribution in [3.05, 3.63) is 18.3 Å². The predicted molar refractivity (Wildman–Crippen MR) is 64.8 cm³/mol. The van der Waals surface area contributed by atoms with E-state index in [1.165, 1.54) is 7.11 Å². The number of piperazine rings is 1. The predicted octanol–water partition coefficient (Wildman–Crippen LogP) is 0.552. The van der Waals surface area contributed by atoms with Gasteiger partial charge in [-0.25, -0.2) is 9.78 Å². The molecule has 1 aliphatic rings. The molecule has 0 aromatic carbocycles. The zero-order valence-corrected chi connectivity index (χ0v) is 9.80. The van der Waals surface area contributed by atoms with Gasteiger partial charge in [0.2, 0.25) is 0 Å². The number of hydrogen-bond donors (Lipinski definition) is 1. The van der Waals surface area contributed by atoms with E-state index in [1.807, 2.05) is 12.1 Å². The molecule has 0 aliphatic carbocycles. The van der Waals surface area contributed by atoms with Crippen LogP contribution in [0.15, 0.2) is 18.3 Å². The summed E-state index contributed by atoms with van der Waals surface area (Å²) in [5.74, 6) is 0.789. The van der Waals surface area contributed by atoms with Gasteiger partial charge < -0.3 is 20.3 Å². The van der Waals surface area contributed by atoms with Crippen molar-refractivity contribution < 1.29 is 9.53 Å². The van der Waals surface area contributed by atoms with Crippen LogP contribution in [0.25, 0.3) is 0 Å². The molecular weight excluding hydrogens is 220 g/mol. The van der Waals surface area contributed by atoms with Crippen molar-refractivity contribution in [3.8, 4) is 0 Å². The molecular formula is C11H16N4O2. The van der Waals surface area contributed by atoms with Gasteiger partial charge in [0, 0.05) is 32.4 Å². The molecule has 92 valence electrons. The molecule has 1 fully saturated rings. The van der Waals surface area contributed by atoms with Crippen LogP contribution in [-0.2, 0) is 4.74 Å². The third kappa shape index (κ3) is 2.41. The highest BCUT2D eigenvalue weighted by Crippen LogP contribution is 2.20. The van der Waals surface area contributed by atoms with Gasteiger partial charge in [0.1, 0.15) is 0 Å². The van der Waals surface area contributed by atoms with E-state index in [2.05, 4.69) is 14.6 Å². The van der Waals surface area contributed by atoms with E-state index in [1.54, 1.807) is 11.1 Å². The number of carbonyl (C=O) groups is 1. The number of rotatable bonds is 1. The quantitative estimate of drug-likeness (QED) is 0.771. The first-order chi connectivity index (χ1) is 8.22. The Bertz CT molecular complexity index is 402. The third-order valence-corrected chi connectivity index (χ3v) is 2.83. The third-order valence-electron chi connectivity index (χ3n) is 2.83. The van der Waals surface area contributed by atoms with Gasteiger partial charge in [0.05, 0.1) is 12.8 Å². The smallest absolute Gasteiger partial charge is 0.409 e. The van der Waals surface area contributed by atoms with Crippen LogP contribution >= 0.6 is 0 Å². The number of ether oxygens (including phenoxy) is 1. The second-order valence-corrected chi connectivity index (χ2v) is 3.86. The lowest BCUT2D eigenvalue weighted by atomic mass is 10.3. The maximum Gasteiger partial charge on any atom is 0.409 e. The molecule has 0 unspecified atom stereocenters. The lowest BCUT2D eigenvalue weighted by molar-refractivity contribution is 0.121. The van der Waals surface area contributed by atoms with Crippen molar-refractivity contribution in [2.75, 3.05) is 43.9 Å². The van der Waals surface area contributed by atoms with Crippen molar-refractivity contribution in [3.63, 3.8) is 0 Å². The lowest BCUT2D eigenvalue weighted by Crippen LogP contribution is -2.49. The summed E-state index contributed by atoms with van der Waals surface area (Å²) in [5, 5.41) is 0. The molecule has 1 aromatic rings. The fraction of sp³-hybridized carbons (Fsp3) is 0.455. The SMILES string of the molecule is COC(=O)N1CCN(c2ncccc2N)CC1. The van der Waals surface area contributed by atoms with Crippen LogP contribution < -0.4 is 10.6 Å². The molecule has 1 saturated heterocycles. The van der Waals surface area contributed by atoms with Crippen LogP contribution in [0.1, 0.15) is 0 Å². The summed E-state index contributed by atoms with van der Waals surface area (Å²) < 4.78 is 4.68. The number of pyridine rings is 1. The molecule has 0 radical (unpaired) electrons. The molecule has 0 atom stereocenters. The Morgan fingerprint density at radius 1 is 1.41 bits per heavy atom. The molecule has 6 nitrogen and oxygen atoms in total. The van der Waals surface area contributed by atoms with Crippen LogP contribution in [0.2, 0.25) is 0 Å². The molecule has 0 bridgehead atoms. The number of carbonyl (C=O) groups excluding carboxylic acids is 1. The molecule has 1 aliphatic heterocycles. The van der Waals surface area contributed by atoms with Gasteiger partial charge in [-0.3, -0.25) is 0 Å². The topological polar surface area (TPSA) is 71.7 Å². The monoisotopic (exact) mass is 236 g/mol. The summed E-state index contributed by atoms with van der Waals surface area (Å²) in [5.41, 5.74) is 6.53. The fourth-order valence-corrected chi connectivity index (χ4v) is 1.90. The summed E-state index contributed by atoms with van der Waals surface area (Å²) >= 11 is 0. The normalized spacial score (nSPS) is 15.8. The molecule has 2 heterocycles. The lowest BCUT2D eigenvalue weighted by Gasteiger charge is -2.34. The number of anilines is 2. The molecule has 6 heteroatoms. The Labute approximate surface area is 100.0 Å². The summed E-state index contributed by atoms with van der Waals surface area (Å²) in [6, 6.07) is 3.64. The molecule has 0 spiro atoms. The van der Waals surface area contributed by atoms with Crippen LogP contribution in [0.4, 0.5) is 16.3 Å². The summed E-state index contributed by atoms with van der Waals surface area (Å²) in [6.07, 6.45) is 1.44. The fourth-order valence-electron chi connectivity index (χ4n) is 1.90. The van der Waals surface area contributed by atoms with Gasteiger partial charge in [-0.05, 0) is 12.1 Å². The van der Waals surface area contributed by atoms with E-state index in [0.29, 0.717) is 18.8 Å². The summed E-state index contributed by atoms with van der Waals surface area (Å²) in [4.78, 5) is 19.3. The van der Waals surface area contributed by atoms with Gasteiger partial charge >= 0.3 is 6.09 Å². The van der Waals surface area contributed by atoms with E-state index in [-0.39, 0.29) is 6.09 Å². The van der Waals surface area contributed by atoms with E-state index in [9.17, 15) is 4.79 Å². The average molecular weight is 236 g/mol. The minimum absolute atomic E-state index is 0.279. The second kappa shape index (κ2) is 4.90. The maximum absolute atomic E-state index is 11.3. The van der Waals surface area contributed by atoms with Crippen molar-refractivity contribution in [2.45, 2.75) is 0 Å². The number of nitrogen functional groups attached to an aromatic ring is 1. The second-order valence-electron chi connectivity index (χ2n) is 3.86. The molecule has 1 amide bonds. The maximum atomic E-state index is 11.3. The molecule has 0 saturated carbocycles. The van der Waals surface area contributed by atoms with Crippen LogP contribution in [-0.4, -0.2) is 49.3 Å². The molecule has 2 rings (SSSR count). The Morgan fingerprint density at radius 3 is 2.71 bits per heavy atom. The Hall–Kier alpha value is -1.98. The number of methoxy groups -OCH3 is 1. The number of amides is 1. The number of nitrogens with zero attached hydrogens (tertiary/aromatic N) is 3.